The standard InChI is InChI=1S/C14H19N5O2/c1-10-6-12(21-3)4-5-13(10)18-14(20)17-11(2)7-19-9-15-8-16-19/h4-6,8-9,11H,7H2,1-3H3,(H2,17,18,20)/t11-/m1/s1. The number of carbonyl (C=O) groups is 1. The predicted molar refractivity (Wildman–Crippen MR) is 79.4 cm³/mol. The van der Waals surface area contributed by atoms with Crippen molar-refractivity contribution in [3.05, 3.63) is 36.4 Å². The molecule has 0 aliphatic heterocycles. The third-order valence-electron chi connectivity index (χ3n) is 2.99. The molecular formula is C14H19N5O2. The summed E-state index contributed by atoms with van der Waals surface area (Å²) in [7, 11) is 1.61. The van der Waals surface area contributed by atoms with Crippen molar-refractivity contribution in [3.8, 4) is 5.75 Å². The molecule has 1 atom stereocenters. The number of aromatic nitrogens is 3. The molecule has 0 fully saturated rings. The Balaban J connectivity index is 1.89. The van der Waals surface area contributed by atoms with Gasteiger partial charge >= 0.3 is 6.03 Å². The summed E-state index contributed by atoms with van der Waals surface area (Å²) >= 11 is 0. The minimum atomic E-state index is -0.254. The molecule has 21 heavy (non-hydrogen) atoms. The zero-order valence-corrected chi connectivity index (χ0v) is 12.3. The molecule has 2 amide bonds. The van der Waals surface area contributed by atoms with Crippen LogP contribution in [0.1, 0.15) is 12.5 Å². The van der Waals surface area contributed by atoms with Crippen LogP contribution in [-0.4, -0.2) is 33.9 Å². The molecule has 0 aliphatic carbocycles. The van der Waals surface area contributed by atoms with Crippen LogP contribution in [-0.2, 0) is 6.54 Å². The lowest BCUT2D eigenvalue weighted by molar-refractivity contribution is 0.247. The molecule has 0 radical (unpaired) electrons. The van der Waals surface area contributed by atoms with Gasteiger partial charge in [0.1, 0.15) is 18.4 Å². The predicted octanol–water partition coefficient (Wildman–Crippen LogP) is 1.81. The van der Waals surface area contributed by atoms with E-state index < -0.39 is 0 Å². The van der Waals surface area contributed by atoms with Crippen molar-refractivity contribution in [2.75, 3.05) is 12.4 Å². The number of aryl methyl sites for hydroxylation is 1. The van der Waals surface area contributed by atoms with Gasteiger partial charge in [-0.3, -0.25) is 4.68 Å². The van der Waals surface area contributed by atoms with Crippen LogP contribution in [0, 0.1) is 6.92 Å². The molecule has 1 aromatic heterocycles. The van der Waals surface area contributed by atoms with Gasteiger partial charge in [-0.1, -0.05) is 0 Å². The lowest BCUT2D eigenvalue weighted by Gasteiger charge is -2.15. The summed E-state index contributed by atoms with van der Waals surface area (Å²) in [6.45, 7) is 4.38. The van der Waals surface area contributed by atoms with Crippen LogP contribution in [0.3, 0.4) is 0 Å². The quantitative estimate of drug-likeness (QED) is 0.879. The number of carbonyl (C=O) groups excluding carboxylic acids is 1. The van der Waals surface area contributed by atoms with Gasteiger partial charge in [0.15, 0.2) is 0 Å². The maximum Gasteiger partial charge on any atom is 0.319 e. The van der Waals surface area contributed by atoms with Crippen LogP contribution in [0.5, 0.6) is 5.75 Å². The van der Waals surface area contributed by atoms with E-state index >= 15 is 0 Å². The van der Waals surface area contributed by atoms with Crippen molar-refractivity contribution in [2.24, 2.45) is 0 Å². The van der Waals surface area contributed by atoms with Crippen LogP contribution in [0.15, 0.2) is 30.9 Å². The van der Waals surface area contributed by atoms with Crippen molar-refractivity contribution in [1.82, 2.24) is 20.1 Å². The summed E-state index contributed by atoms with van der Waals surface area (Å²) in [4.78, 5) is 15.8. The maximum atomic E-state index is 12.0. The van der Waals surface area contributed by atoms with Gasteiger partial charge in [0, 0.05) is 11.7 Å². The van der Waals surface area contributed by atoms with Crippen LogP contribution >= 0.6 is 0 Å². The second kappa shape index (κ2) is 6.74. The smallest absolute Gasteiger partial charge is 0.319 e. The van der Waals surface area contributed by atoms with E-state index in [0.29, 0.717) is 6.54 Å². The normalized spacial score (nSPS) is 11.8. The number of nitrogens with zero attached hydrogens (tertiary/aromatic N) is 3. The van der Waals surface area contributed by atoms with Crippen LogP contribution in [0.2, 0.25) is 0 Å². The molecule has 2 N–H and O–H groups in total. The molecule has 0 spiro atoms. The van der Waals surface area contributed by atoms with E-state index in [9.17, 15) is 4.79 Å². The van der Waals surface area contributed by atoms with Crippen LogP contribution in [0.25, 0.3) is 0 Å². The molecular weight excluding hydrogens is 270 g/mol. The highest BCUT2D eigenvalue weighted by Crippen LogP contribution is 2.20. The summed E-state index contributed by atoms with van der Waals surface area (Å²) in [5.74, 6) is 0.762. The monoisotopic (exact) mass is 289 g/mol. The number of benzene rings is 1. The summed E-state index contributed by atoms with van der Waals surface area (Å²) < 4.78 is 6.80. The Morgan fingerprint density at radius 3 is 2.90 bits per heavy atom. The fraction of sp³-hybridized carbons (Fsp3) is 0.357. The maximum absolute atomic E-state index is 12.0. The molecule has 0 saturated carbocycles. The van der Waals surface area contributed by atoms with E-state index in [4.69, 9.17) is 4.74 Å². The molecule has 7 nitrogen and oxygen atoms in total. The molecule has 0 unspecified atom stereocenters. The van der Waals surface area contributed by atoms with Crippen molar-refractivity contribution < 1.29 is 9.53 Å². The van der Waals surface area contributed by atoms with Gasteiger partial charge in [0.05, 0.1) is 13.7 Å². The molecule has 7 heteroatoms. The third-order valence-corrected chi connectivity index (χ3v) is 2.99. The summed E-state index contributed by atoms with van der Waals surface area (Å²) in [5, 5.41) is 9.67. The first kappa shape index (κ1) is 14.8. The SMILES string of the molecule is COc1ccc(NC(=O)N[C@H](C)Cn2cncn2)c(C)c1. The highest BCUT2D eigenvalue weighted by atomic mass is 16.5. The fourth-order valence-corrected chi connectivity index (χ4v) is 1.94. The van der Waals surface area contributed by atoms with Gasteiger partial charge in [-0.05, 0) is 37.6 Å². The number of amides is 2. The lowest BCUT2D eigenvalue weighted by Crippen LogP contribution is -2.38. The van der Waals surface area contributed by atoms with Gasteiger partial charge in [0.2, 0.25) is 0 Å². The topological polar surface area (TPSA) is 81.1 Å². The molecule has 2 aromatic rings. The summed E-state index contributed by atoms with van der Waals surface area (Å²) in [6.07, 6.45) is 3.08. The van der Waals surface area contributed by atoms with Gasteiger partial charge in [-0.2, -0.15) is 5.10 Å². The molecule has 0 bridgehead atoms. The van der Waals surface area contributed by atoms with Gasteiger partial charge in [-0.15, -0.1) is 0 Å². The molecule has 0 aliphatic rings. The average molecular weight is 289 g/mol. The third kappa shape index (κ3) is 4.20. The van der Waals surface area contributed by atoms with Crippen molar-refractivity contribution in [3.63, 3.8) is 0 Å². The van der Waals surface area contributed by atoms with E-state index in [1.165, 1.54) is 6.33 Å². The molecule has 112 valence electrons. The van der Waals surface area contributed by atoms with E-state index in [1.807, 2.05) is 26.0 Å². The zero-order valence-electron chi connectivity index (χ0n) is 12.3. The Kier molecular flexibility index (Phi) is 4.76. The fourth-order valence-electron chi connectivity index (χ4n) is 1.94. The second-order valence-corrected chi connectivity index (χ2v) is 4.80. The minimum absolute atomic E-state index is 0.0646. The van der Waals surface area contributed by atoms with Gasteiger partial charge < -0.3 is 15.4 Å². The first-order valence-corrected chi connectivity index (χ1v) is 6.63. The van der Waals surface area contributed by atoms with E-state index in [-0.39, 0.29) is 12.1 Å². The van der Waals surface area contributed by atoms with Crippen LogP contribution in [0.4, 0.5) is 10.5 Å². The molecule has 1 aromatic carbocycles. The Morgan fingerprint density at radius 1 is 1.48 bits per heavy atom. The van der Waals surface area contributed by atoms with Gasteiger partial charge in [0.25, 0.3) is 0 Å². The number of anilines is 1. The largest absolute Gasteiger partial charge is 0.497 e. The average Bonchev–Trinajstić information content (AvgIpc) is 2.93. The van der Waals surface area contributed by atoms with E-state index in [2.05, 4.69) is 20.7 Å². The number of methoxy groups -OCH3 is 1. The molecule has 0 saturated heterocycles. The Morgan fingerprint density at radius 2 is 2.29 bits per heavy atom. The number of urea groups is 1. The molecule has 1 heterocycles. The Hall–Kier alpha value is -2.57. The van der Waals surface area contributed by atoms with Gasteiger partial charge in [-0.25, -0.2) is 9.78 Å². The van der Waals surface area contributed by atoms with Crippen molar-refractivity contribution in [2.45, 2.75) is 26.4 Å². The summed E-state index contributed by atoms with van der Waals surface area (Å²) in [5.41, 5.74) is 1.69. The number of hydrogen-bond acceptors (Lipinski definition) is 4. The highest BCUT2D eigenvalue weighted by molar-refractivity contribution is 5.90. The van der Waals surface area contributed by atoms with E-state index in [0.717, 1.165) is 17.0 Å². The lowest BCUT2D eigenvalue weighted by atomic mass is 10.2. The first-order valence-electron chi connectivity index (χ1n) is 6.63. The van der Waals surface area contributed by atoms with Crippen molar-refractivity contribution >= 4 is 11.7 Å². The minimum Gasteiger partial charge on any atom is -0.497 e. The van der Waals surface area contributed by atoms with E-state index in [1.54, 1.807) is 24.2 Å². The highest BCUT2D eigenvalue weighted by Gasteiger charge is 2.10. The van der Waals surface area contributed by atoms with Crippen LogP contribution < -0.4 is 15.4 Å². The number of nitrogens with one attached hydrogen (secondary N) is 2. The Bertz CT molecular complexity index is 597. The molecule has 2 rings (SSSR count). The zero-order chi connectivity index (χ0) is 15.2. The second-order valence-electron chi connectivity index (χ2n) is 4.80. The Labute approximate surface area is 123 Å². The van der Waals surface area contributed by atoms with Crippen molar-refractivity contribution in [1.29, 1.82) is 0 Å². The number of hydrogen-bond donors (Lipinski definition) is 2. The number of ether oxygens (including phenoxy) is 1. The summed E-state index contributed by atoms with van der Waals surface area (Å²) in [6, 6.07) is 5.17. The number of rotatable bonds is 5. The first-order chi connectivity index (χ1) is 10.1.